The molecule has 2 nitrogen and oxygen atoms in total. The monoisotopic (exact) mass is 337 g/mol. The molecule has 112 valence electrons. The van der Waals surface area contributed by atoms with Gasteiger partial charge >= 0.3 is 6.18 Å². The summed E-state index contributed by atoms with van der Waals surface area (Å²) in [5.41, 5.74) is -0.422. The standard InChI is InChI=1S/C13H8ClF4NOS/c1-6-2-9(15)10(4-11(6)21)20-12-8(14)3-7(5-19-12)13(16,17)18/h2-5,21H,1H3. The molecule has 0 unspecified atom stereocenters. The van der Waals surface area contributed by atoms with Gasteiger partial charge in [-0.25, -0.2) is 9.37 Å². The summed E-state index contributed by atoms with van der Waals surface area (Å²) in [7, 11) is 0. The third kappa shape index (κ3) is 3.59. The third-order valence-electron chi connectivity index (χ3n) is 2.59. The fraction of sp³-hybridized carbons (Fsp3) is 0.154. The maximum Gasteiger partial charge on any atom is 0.417 e. The molecule has 1 heterocycles. The predicted octanol–water partition coefficient (Wildman–Crippen LogP) is 5.28. The number of pyridine rings is 1. The van der Waals surface area contributed by atoms with Crippen LogP contribution in [0.15, 0.2) is 29.3 Å². The minimum Gasteiger partial charge on any atom is -0.434 e. The number of alkyl halides is 3. The molecule has 2 aromatic rings. The first-order valence-corrected chi connectivity index (χ1v) is 6.40. The van der Waals surface area contributed by atoms with Gasteiger partial charge in [-0.15, -0.1) is 12.6 Å². The summed E-state index contributed by atoms with van der Waals surface area (Å²) in [4.78, 5) is 3.93. The highest BCUT2D eigenvalue weighted by Gasteiger charge is 2.31. The second-order valence-corrected chi connectivity index (χ2v) is 5.07. The summed E-state index contributed by atoms with van der Waals surface area (Å²) in [6.07, 6.45) is -4.00. The Morgan fingerprint density at radius 2 is 1.90 bits per heavy atom. The Labute approximate surface area is 128 Å². The van der Waals surface area contributed by atoms with Crippen LogP contribution in [0.3, 0.4) is 0 Å². The van der Waals surface area contributed by atoms with Crippen molar-refractivity contribution in [2.24, 2.45) is 0 Å². The number of aryl methyl sites for hydroxylation is 1. The molecule has 0 aliphatic carbocycles. The molecule has 1 aromatic heterocycles. The van der Waals surface area contributed by atoms with Crippen molar-refractivity contribution in [2.75, 3.05) is 0 Å². The summed E-state index contributed by atoms with van der Waals surface area (Å²) in [5, 5.41) is -0.370. The summed E-state index contributed by atoms with van der Waals surface area (Å²) >= 11 is 9.79. The Morgan fingerprint density at radius 3 is 2.48 bits per heavy atom. The minimum absolute atomic E-state index is 0.222. The van der Waals surface area contributed by atoms with Gasteiger partial charge in [0.05, 0.1) is 5.56 Å². The van der Waals surface area contributed by atoms with Crippen LogP contribution < -0.4 is 4.74 Å². The predicted molar refractivity (Wildman–Crippen MR) is 72.7 cm³/mol. The summed E-state index contributed by atoms with van der Waals surface area (Å²) in [5.74, 6) is -1.23. The normalized spacial score (nSPS) is 11.6. The van der Waals surface area contributed by atoms with Crippen molar-refractivity contribution in [3.8, 4) is 11.6 Å². The highest BCUT2D eigenvalue weighted by atomic mass is 35.5. The highest BCUT2D eigenvalue weighted by molar-refractivity contribution is 7.80. The second kappa shape index (κ2) is 5.73. The molecule has 0 radical (unpaired) electrons. The molecule has 0 fully saturated rings. The van der Waals surface area contributed by atoms with Gasteiger partial charge in [0.1, 0.15) is 5.02 Å². The van der Waals surface area contributed by atoms with E-state index < -0.39 is 17.6 Å². The molecule has 2 rings (SSSR count). The topological polar surface area (TPSA) is 22.1 Å². The Balaban J connectivity index is 2.35. The van der Waals surface area contributed by atoms with Gasteiger partial charge in [0.25, 0.3) is 0 Å². The average molecular weight is 338 g/mol. The molecule has 0 bridgehead atoms. The second-order valence-electron chi connectivity index (χ2n) is 4.18. The number of rotatable bonds is 2. The van der Waals surface area contributed by atoms with Gasteiger partial charge in [-0.3, -0.25) is 0 Å². The van der Waals surface area contributed by atoms with Crippen LogP contribution in [-0.2, 0) is 6.18 Å². The highest BCUT2D eigenvalue weighted by Crippen LogP contribution is 2.35. The first-order chi connectivity index (χ1) is 9.68. The number of ether oxygens (including phenoxy) is 1. The third-order valence-corrected chi connectivity index (χ3v) is 3.34. The van der Waals surface area contributed by atoms with Gasteiger partial charge < -0.3 is 4.74 Å². The fourth-order valence-corrected chi connectivity index (χ4v) is 1.87. The van der Waals surface area contributed by atoms with E-state index in [0.29, 0.717) is 22.7 Å². The number of aromatic nitrogens is 1. The van der Waals surface area contributed by atoms with Crippen molar-refractivity contribution in [1.82, 2.24) is 4.98 Å². The molecule has 0 aliphatic heterocycles. The lowest BCUT2D eigenvalue weighted by Gasteiger charge is -2.11. The van der Waals surface area contributed by atoms with Crippen molar-refractivity contribution in [2.45, 2.75) is 18.0 Å². The van der Waals surface area contributed by atoms with E-state index in [2.05, 4.69) is 17.6 Å². The van der Waals surface area contributed by atoms with Crippen LogP contribution in [0.2, 0.25) is 5.02 Å². The number of thiol groups is 1. The Morgan fingerprint density at radius 1 is 1.24 bits per heavy atom. The van der Waals surface area contributed by atoms with Gasteiger partial charge in [-0.2, -0.15) is 13.2 Å². The molecule has 0 atom stereocenters. The summed E-state index contributed by atoms with van der Waals surface area (Å²) in [6, 6.07) is 3.15. The fourth-order valence-electron chi connectivity index (χ4n) is 1.48. The smallest absolute Gasteiger partial charge is 0.417 e. The maximum atomic E-state index is 13.7. The van der Waals surface area contributed by atoms with E-state index >= 15 is 0 Å². The zero-order valence-corrected chi connectivity index (χ0v) is 12.2. The van der Waals surface area contributed by atoms with Crippen molar-refractivity contribution in [1.29, 1.82) is 0 Å². The molecule has 0 saturated carbocycles. The quantitative estimate of drug-likeness (QED) is 0.594. The van der Waals surface area contributed by atoms with Crippen molar-refractivity contribution in [3.63, 3.8) is 0 Å². The van der Waals surface area contributed by atoms with Crippen LogP contribution in [0.5, 0.6) is 11.6 Å². The van der Waals surface area contributed by atoms with Gasteiger partial charge in [0.15, 0.2) is 11.6 Å². The van der Waals surface area contributed by atoms with E-state index in [4.69, 9.17) is 16.3 Å². The molecule has 0 aliphatic rings. The largest absolute Gasteiger partial charge is 0.434 e. The molecular weight excluding hydrogens is 330 g/mol. The average Bonchev–Trinajstić information content (AvgIpc) is 2.36. The minimum atomic E-state index is -4.57. The summed E-state index contributed by atoms with van der Waals surface area (Å²) in [6.45, 7) is 1.65. The van der Waals surface area contributed by atoms with Crippen LogP contribution in [0, 0.1) is 12.7 Å². The lowest BCUT2D eigenvalue weighted by atomic mass is 10.2. The number of halogens is 5. The molecule has 1 aromatic carbocycles. The van der Waals surface area contributed by atoms with Crippen LogP contribution in [-0.4, -0.2) is 4.98 Å². The van der Waals surface area contributed by atoms with Crippen LogP contribution in [0.1, 0.15) is 11.1 Å². The van der Waals surface area contributed by atoms with E-state index in [1.54, 1.807) is 6.92 Å². The Bertz CT molecular complexity index is 691. The van der Waals surface area contributed by atoms with Crippen molar-refractivity contribution >= 4 is 24.2 Å². The number of nitrogens with zero attached hydrogens (tertiary/aromatic N) is 1. The maximum absolute atomic E-state index is 13.7. The zero-order chi connectivity index (χ0) is 15.8. The first kappa shape index (κ1) is 15.9. The molecule has 0 N–H and O–H groups in total. The van der Waals surface area contributed by atoms with Crippen LogP contribution >= 0.6 is 24.2 Å². The molecule has 0 saturated heterocycles. The Hall–Kier alpha value is -1.47. The molecule has 0 amide bonds. The number of hydrogen-bond acceptors (Lipinski definition) is 3. The van der Waals surface area contributed by atoms with Crippen LogP contribution in [0.4, 0.5) is 17.6 Å². The van der Waals surface area contributed by atoms with Crippen LogP contribution in [0.25, 0.3) is 0 Å². The number of hydrogen-bond donors (Lipinski definition) is 1. The van der Waals surface area contributed by atoms with E-state index in [1.165, 1.54) is 12.1 Å². The lowest BCUT2D eigenvalue weighted by molar-refractivity contribution is -0.137. The SMILES string of the molecule is Cc1cc(F)c(Oc2ncc(C(F)(F)F)cc2Cl)cc1S. The van der Waals surface area contributed by atoms with Gasteiger partial charge in [0.2, 0.25) is 5.88 Å². The molecular formula is C13H8ClF4NOS. The zero-order valence-electron chi connectivity index (χ0n) is 10.5. The molecule has 0 spiro atoms. The van der Waals surface area contributed by atoms with Crippen molar-refractivity contribution < 1.29 is 22.3 Å². The molecule has 21 heavy (non-hydrogen) atoms. The van der Waals surface area contributed by atoms with E-state index in [1.807, 2.05) is 0 Å². The lowest BCUT2D eigenvalue weighted by Crippen LogP contribution is -2.06. The number of benzene rings is 1. The molecule has 8 heteroatoms. The first-order valence-electron chi connectivity index (χ1n) is 5.58. The summed E-state index contributed by atoms with van der Waals surface area (Å²) < 4.78 is 56.3. The van der Waals surface area contributed by atoms with Gasteiger partial charge in [-0.05, 0) is 30.7 Å². The van der Waals surface area contributed by atoms with Gasteiger partial charge in [-0.1, -0.05) is 11.6 Å². The van der Waals surface area contributed by atoms with E-state index in [0.717, 1.165) is 0 Å². The Kier molecular flexibility index (Phi) is 4.34. The van der Waals surface area contributed by atoms with Crippen molar-refractivity contribution in [3.05, 3.63) is 46.4 Å². The van der Waals surface area contributed by atoms with E-state index in [-0.39, 0.29) is 16.7 Å². The van der Waals surface area contributed by atoms with E-state index in [9.17, 15) is 17.6 Å². The van der Waals surface area contributed by atoms with Gasteiger partial charge in [0, 0.05) is 11.1 Å².